The minimum absolute atomic E-state index is 0.0778. The molecule has 0 aliphatic carbocycles. The summed E-state index contributed by atoms with van der Waals surface area (Å²) >= 11 is 0. The van der Waals surface area contributed by atoms with Crippen LogP contribution in [0.4, 0.5) is 0 Å². The van der Waals surface area contributed by atoms with Crippen LogP contribution in [0.25, 0.3) is 0 Å². The number of rotatable bonds is 4. The maximum Gasteiger partial charge on any atom is 0.270 e. The number of hydrogen-bond donors (Lipinski definition) is 1. The first kappa shape index (κ1) is 16.4. The third-order valence-corrected chi connectivity index (χ3v) is 4.16. The molecule has 7 heteroatoms. The number of pyridine rings is 1. The van der Waals surface area contributed by atoms with Gasteiger partial charge in [0.15, 0.2) is 0 Å². The highest BCUT2D eigenvalue weighted by Gasteiger charge is 2.31. The van der Waals surface area contributed by atoms with Crippen molar-refractivity contribution in [2.24, 2.45) is 7.05 Å². The smallest absolute Gasteiger partial charge is 0.270 e. The third kappa shape index (κ3) is 3.12. The van der Waals surface area contributed by atoms with E-state index in [1.807, 2.05) is 19.9 Å². The molecule has 128 valence electrons. The SMILES string of the molecule is COc1ccc(CNC(=O)c2c3c(nn2C)[C@H](C)O[C@H](C)C3)cn1. The van der Waals surface area contributed by atoms with Crippen LogP contribution in [0.15, 0.2) is 18.3 Å². The average Bonchev–Trinajstić information content (AvgIpc) is 2.89. The van der Waals surface area contributed by atoms with Crippen LogP contribution >= 0.6 is 0 Å². The highest BCUT2D eigenvalue weighted by molar-refractivity contribution is 5.94. The fraction of sp³-hybridized carbons (Fsp3) is 0.471. The van der Waals surface area contributed by atoms with Gasteiger partial charge in [-0.05, 0) is 19.4 Å². The normalized spacial score (nSPS) is 19.7. The van der Waals surface area contributed by atoms with Crippen LogP contribution < -0.4 is 10.1 Å². The maximum atomic E-state index is 12.7. The van der Waals surface area contributed by atoms with Gasteiger partial charge in [0.05, 0.1) is 25.0 Å². The summed E-state index contributed by atoms with van der Waals surface area (Å²) in [6, 6.07) is 3.65. The summed E-state index contributed by atoms with van der Waals surface area (Å²) in [5.74, 6) is 0.414. The van der Waals surface area contributed by atoms with Crippen molar-refractivity contribution in [1.82, 2.24) is 20.1 Å². The molecule has 1 N–H and O–H groups in total. The van der Waals surface area contributed by atoms with Crippen LogP contribution in [0.2, 0.25) is 0 Å². The number of ether oxygens (including phenoxy) is 2. The quantitative estimate of drug-likeness (QED) is 0.924. The molecule has 0 saturated heterocycles. The number of aryl methyl sites for hydroxylation is 1. The zero-order chi connectivity index (χ0) is 17.3. The van der Waals surface area contributed by atoms with Crippen molar-refractivity contribution in [2.45, 2.75) is 39.0 Å². The molecular formula is C17H22N4O3. The molecule has 0 fully saturated rings. The molecular weight excluding hydrogens is 308 g/mol. The summed E-state index contributed by atoms with van der Waals surface area (Å²) in [7, 11) is 3.36. The Hall–Kier alpha value is -2.41. The summed E-state index contributed by atoms with van der Waals surface area (Å²) in [5, 5.41) is 7.41. The molecule has 0 saturated carbocycles. The predicted octanol–water partition coefficient (Wildman–Crippen LogP) is 1.78. The molecule has 2 aromatic heterocycles. The number of nitrogens with one attached hydrogen (secondary N) is 1. The van der Waals surface area contributed by atoms with Gasteiger partial charge in [-0.25, -0.2) is 4.98 Å². The molecule has 0 aromatic carbocycles. The lowest BCUT2D eigenvalue weighted by Crippen LogP contribution is -2.28. The van der Waals surface area contributed by atoms with Crippen LogP contribution in [0.5, 0.6) is 5.88 Å². The van der Waals surface area contributed by atoms with E-state index in [0.29, 0.717) is 24.5 Å². The molecule has 0 radical (unpaired) electrons. The Balaban J connectivity index is 1.75. The van der Waals surface area contributed by atoms with E-state index in [0.717, 1.165) is 16.8 Å². The number of fused-ring (bicyclic) bond motifs is 1. The Labute approximate surface area is 141 Å². The zero-order valence-electron chi connectivity index (χ0n) is 14.4. The lowest BCUT2D eigenvalue weighted by molar-refractivity contribution is -0.00710. The van der Waals surface area contributed by atoms with Crippen LogP contribution in [-0.2, 0) is 24.8 Å². The molecule has 1 aliphatic rings. The van der Waals surface area contributed by atoms with Crippen molar-refractivity contribution >= 4 is 5.91 Å². The molecule has 3 heterocycles. The van der Waals surface area contributed by atoms with Crippen molar-refractivity contribution in [2.75, 3.05) is 7.11 Å². The van der Waals surface area contributed by atoms with Gasteiger partial charge in [0.2, 0.25) is 5.88 Å². The van der Waals surface area contributed by atoms with Crippen molar-refractivity contribution < 1.29 is 14.3 Å². The Kier molecular flexibility index (Phi) is 4.53. The van der Waals surface area contributed by atoms with Crippen LogP contribution in [0, 0.1) is 0 Å². The molecule has 24 heavy (non-hydrogen) atoms. The predicted molar refractivity (Wildman–Crippen MR) is 87.8 cm³/mol. The van der Waals surface area contributed by atoms with Gasteiger partial charge in [-0.1, -0.05) is 6.07 Å². The molecule has 2 atom stereocenters. The average molecular weight is 330 g/mol. The summed E-state index contributed by atoms with van der Waals surface area (Å²) < 4.78 is 12.5. The van der Waals surface area contributed by atoms with Crippen LogP contribution in [-0.4, -0.2) is 33.9 Å². The summed E-state index contributed by atoms with van der Waals surface area (Å²) in [4.78, 5) is 16.8. The highest BCUT2D eigenvalue weighted by atomic mass is 16.5. The van der Waals surface area contributed by atoms with Crippen molar-refractivity contribution in [1.29, 1.82) is 0 Å². The molecule has 3 rings (SSSR count). The summed E-state index contributed by atoms with van der Waals surface area (Å²) in [6.45, 7) is 4.38. The highest BCUT2D eigenvalue weighted by Crippen LogP contribution is 2.31. The number of carbonyl (C=O) groups excluding carboxylic acids is 1. The Morgan fingerprint density at radius 1 is 1.46 bits per heavy atom. The lowest BCUT2D eigenvalue weighted by atomic mass is 9.99. The van der Waals surface area contributed by atoms with Crippen molar-refractivity contribution in [3.05, 3.63) is 40.8 Å². The molecule has 2 aromatic rings. The van der Waals surface area contributed by atoms with E-state index in [4.69, 9.17) is 9.47 Å². The second kappa shape index (κ2) is 6.60. The van der Waals surface area contributed by atoms with Gasteiger partial charge in [0, 0.05) is 37.8 Å². The fourth-order valence-corrected chi connectivity index (χ4v) is 3.05. The fourth-order valence-electron chi connectivity index (χ4n) is 3.05. The molecule has 7 nitrogen and oxygen atoms in total. The number of amides is 1. The minimum Gasteiger partial charge on any atom is -0.481 e. The molecule has 1 amide bonds. The van der Waals surface area contributed by atoms with Gasteiger partial charge in [0.1, 0.15) is 5.69 Å². The second-order valence-corrected chi connectivity index (χ2v) is 6.02. The Bertz CT molecular complexity index is 739. The van der Waals surface area contributed by atoms with Gasteiger partial charge in [-0.2, -0.15) is 5.10 Å². The van der Waals surface area contributed by atoms with Gasteiger partial charge < -0.3 is 14.8 Å². The first-order chi connectivity index (χ1) is 11.5. The number of hydrogen-bond acceptors (Lipinski definition) is 5. The van der Waals surface area contributed by atoms with E-state index in [2.05, 4.69) is 15.4 Å². The van der Waals surface area contributed by atoms with E-state index in [9.17, 15) is 4.79 Å². The van der Waals surface area contributed by atoms with E-state index >= 15 is 0 Å². The van der Waals surface area contributed by atoms with Crippen molar-refractivity contribution in [3.8, 4) is 5.88 Å². The van der Waals surface area contributed by atoms with Gasteiger partial charge in [-0.15, -0.1) is 0 Å². The summed E-state index contributed by atoms with van der Waals surface area (Å²) in [6.07, 6.45) is 2.37. The topological polar surface area (TPSA) is 78.3 Å². The van der Waals surface area contributed by atoms with Crippen LogP contribution in [0.3, 0.4) is 0 Å². The molecule has 1 aliphatic heterocycles. The lowest BCUT2D eigenvalue weighted by Gasteiger charge is -2.24. The largest absolute Gasteiger partial charge is 0.481 e. The van der Waals surface area contributed by atoms with Crippen LogP contribution in [0.1, 0.15) is 47.3 Å². The first-order valence-electron chi connectivity index (χ1n) is 7.98. The molecule has 0 spiro atoms. The Morgan fingerprint density at radius 3 is 2.92 bits per heavy atom. The zero-order valence-corrected chi connectivity index (χ0v) is 14.4. The third-order valence-electron chi connectivity index (χ3n) is 4.16. The summed E-state index contributed by atoms with van der Waals surface area (Å²) in [5.41, 5.74) is 3.35. The maximum absolute atomic E-state index is 12.7. The number of methoxy groups -OCH3 is 1. The molecule has 0 unspecified atom stereocenters. The number of carbonyl (C=O) groups is 1. The van der Waals surface area contributed by atoms with Gasteiger partial charge in [0.25, 0.3) is 5.91 Å². The van der Waals surface area contributed by atoms with E-state index in [1.165, 1.54) is 0 Å². The van der Waals surface area contributed by atoms with E-state index < -0.39 is 0 Å². The number of aromatic nitrogens is 3. The van der Waals surface area contributed by atoms with E-state index in [1.54, 1.807) is 31.1 Å². The molecule has 0 bridgehead atoms. The number of nitrogens with zero attached hydrogens (tertiary/aromatic N) is 3. The monoisotopic (exact) mass is 330 g/mol. The van der Waals surface area contributed by atoms with Gasteiger partial charge >= 0.3 is 0 Å². The van der Waals surface area contributed by atoms with Gasteiger partial charge in [-0.3, -0.25) is 9.48 Å². The van der Waals surface area contributed by atoms with Crippen molar-refractivity contribution in [3.63, 3.8) is 0 Å². The first-order valence-corrected chi connectivity index (χ1v) is 7.98. The minimum atomic E-state index is -0.136. The standard InChI is InChI=1S/C17H22N4O3/c1-10-7-13-15(11(2)24-10)20-21(3)16(13)17(22)19-9-12-5-6-14(23-4)18-8-12/h5-6,8,10-11H,7,9H2,1-4H3,(H,19,22)/t10-,11+/m1/s1. The van der Waals surface area contributed by atoms with E-state index in [-0.39, 0.29) is 18.1 Å². The Morgan fingerprint density at radius 2 is 2.25 bits per heavy atom. The second-order valence-electron chi connectivity index (χ2n) is 6.02.